The summed E-state index contributed by atoms with van der Waals surface area (Å²) in [6.07, 6.45) is 0.437. The zero-order valence-electron chi connectivity index (χ0n) is 7.90. The van der Waals surface area contributed by atoms with Gasteiger partial charge in [-0.3, -0.25) is 0 Å². The molecule has 0 unspecified atom stereocenters. The van der Waals surface area contributed by atoms with Crippen LogP contribution in [0, 0.1) is 30.4 Å². The Balaban J connectivity index is 3.08. The largest absolute Gasteiger partial charge is 0.330 e. The fraction of sp³-hybridized carbons (Fsp3) is 0.273. The van der Waals surface area contributed by atoms with Gasteiger partial charge in [0.2, 0.25) is 0 Å². The Morgan fingerprint density at radius 3 is 2.71 bits per heavy atom. The van der Waals surface area contributed by atoms with Gasteiger partial charge in [-0.1, -0.05) is 17.9 Å². The molecule has 3 heteroatoms. The highest BCUT2D eigenvalue weighted by atomic mass is 19.1. The van der Waals surface area contributed by atoms with Crippen molar-refractivity contribution in [1.82, 2.24) is 0 Å². The molecule has 0 amide bonds. The zero-order valence-corrected chi connectivity index (χ0v) is 7.90. The van der Waals surface area contributed by atoms with Gasteiger partial charge in [-0.05, 0) is 18.6 Å². The van der Waals surface area contributed by atoms with E-state index in [0.717, 1.165) is 0 Å². The van der Waals surface area contributed by atoms with Crippen molar-refractivity contribution in [2.75, 3.05) is 6.54 Å². The molecule has 1 aromatic rings. The number of benzene rings is 1. The van der Waals surface area contributed by atoms with E-state index in [2.05, 4.69) is 11.8 Å². The normalized spacial score (nSPS) is 9.43. The van der Waals surface area contributed by atoms with Crippen molar-refractivity contribution in [1.29, 1.82) is 0 Å². The van der Waals surface area contributed by atoms with Crippen LogP contribution in [-0.2, 0) is 0 Å². The first-order chi connectivity index (χ1) is 6.66. The van der Waals surface area contributed by atoms with E-state index in [-0.39, 0.29) is 5.56 Å². The molecular formula is C11H11F2N. The van der Waals surface area contributed by atoms with Crippen molar-refractivity contribution in [2.45, 2.75) is 13.3 Å². The van der Waals surface area contributed by atoms with Crippen LogP contribution in [0.2, 0.25) is 0 Å². The van der Waals surface area contributed by atoms with Crippen molar-refractivity contribution in [2.24, 2.45) is 5.73 Å². The summed E-state index contributed by atoms with van der Waals surface area (Å²) in [7, 11) is 0. The summed E-state index contributed by atoms with van der Waals surface area (Å²) < 4.78 is 26.4. The van der Waals surface area contributed by atoms with Crippen molar-refractivity contribution in [3.8, 4) is 11.8 Å². The lowest BCUT2D eigenvalue weighted by atomic mass is 10.1. The topological polar surface area (TPSA) is 26.0 Å². The van der Waals surface area contributed by atoms with Gasteiger partial charge < -0.3 is 5.73 Å². The SMILES string of the molecule is Cc1ccc(F)c(C#CCCN)c1F. The third-order valence-electron chi connectivity index (χ3n) is 1.77. The third kappa shape index (κ3) is 2.30. The number of halogens is 2. The standard InChI is InChI=1S/C11H11F2N/c1-8-5-6-10(12)9(11(8)13)4-2-3-7-14/h5-6H,3,7,14H2,1H3. The van der Waals surface area contributed by atoms with Gasteiger partial charge in [0.05, 0.1) is 5.56 Å². The highest BCUT2D eigenvalue weighted by Gasteiger charge is 2.08. The zero-order chi connectivity index (χ0) is 10.6. The van der Waals surface area contributed by atoms with Gasteiger partial charge in [0.15, 0.2) is 0 Å². The molecule has 1 nitrogen and oxygen atoms in total. The van der Waals surface area contributed by atoms with Crippen LogP contribution < -0.4 is 5.73 Å². The molecule has 0 aliphatic rings. The van der Waals surface area contributed by atoms with E-state index in [4.69, 9.17) is 5.73 Å². The summed E-state index contributed by atoms with van der Waals surface area (Å²) in [5.41, 5.74) is 5.43. The van der Waals surface area contributed by atoms with Crippen LogP contribution in [0.25, 0.3) is 0 Å². The fourth-order valence-corrected chi connectivity index (χ4v) is 0.994. The summed E-state index contributed by atoms with van der Waals surface area (Å²) in [4.78, 5) is 0. The Labute approximate surface area is 81.9 Å². The Morgan fingerprint density at radius 1 is 1.36 bits per heavy atom. The molecule has 0 heterocycles. The van der Waals surface area contributed by atoms with Crippen LogP contribution >= 0.6 is 0 Å². The molecular weight excluding hydrogens is 184 g/mol. The van der Waals surface area contributed by atoms with E-state index in [9.17, 15) is 8.78 Å². The average molecular weight is 195 g/mol. The Kier molecular flexibility index (Phi) is 3.61. The molecule has 0 aliphatic carbocycles. The lowest BCUT2D eigenvalue weighted by Crippen LogP contribution is -1.96. The smallest absolute Gasteiger partial charge is 0.144 e. The molecule has 0 aromatic heterocycles. The summed E-state index contributed by atoms with van der Waals surface area (Å²) in [6, 6.07) is 2.60. The molecule has 0 bridgehead atoms. The monoisotopic (exact) mass is 195 g/mol. The summed E-state index contributed by atoms with van der Waals surface area (Å²) in [6.45, 7) is 1.96. The second kappa shape index (κ2) is 4.73. The molecule has 0 radical (unpaired) electrons. The van der Waals surface area contributed by atoms with Gasteiger partial charge >= 0.3 is 0 Å². The number of rotatable bonds is 1. The number of aryl methyl sites for hydroxylation is 1. The Morgan fingerprint density at radius 2 is 2.07 bits per heavy atom. The molecule has 2 N–H and O–H groups in total. The van der Waals surface area contributed by atoms with Crippen LogP contribution in [0.15, 0.2) is 12.1 Å². The van der Waals surface area contributed by atoms with E-state index in [1.165, 1.54) is 12.1 Å². The van der Waals surface area contributed by atoms with Crippen LogP contribution in [0.4, 0.5) is 8.78 Å². The molecule has 0 aliphatic heterocycles. The lowest BCUT2D eigenvalue weighted by molar-refractivity contribution is 0.571. The first kappa shape index (κ1) is 10.7. The number of hydrogen-bond acceptors (Lipinski definition) is 1. The van der Waals surface area contributed by atoms with Crippen LogP contribution in [0.5, 0.6) is 0 Å². The van der Waals surface area contributed by atoms with Gasteiger partial charge in [0, 0.05) is 13.0 Å². The van der Waals surface area contributed by atoms with Gasteiger partial charge in [-0.2, -0.15) is 0 Å². The van der Waals surface area contributed by atoms with Gasteiger partial charge in [-0.25, -0.2) is 8.78 Å². The minimum atomic E-state index is -0.627. The molecule has 14 heavy (non-hydrogen) atoms. The Hall–Kier alpha value is -1.40. The van der Waals surface area contributed by atoms with Gasteiger partial charge in [0.25, 0.3) is 0 Å². The maximum atomic E-state index is 13.3. The van der Waals surface area contributed by atoms with Crippen molar-refractivity contribution in [3.63, 3.8) is 0 Å². The van der Waals surface area contributed by atoms with E-state index >= 15 is 0 Å². The van der Waals surface area contributed by atoms with Crippen LogP contribution in [0.3, 0.4) is 0 Å². The van der Waals surface area contributed by atoms with Crippen LogP contribution in [-0.4, -0.2) is 6.54 Å². The summed E-state index contributed by atoms with van der Waals surface area (Å²) >= 11 is 0. The second-order valence-electron chi connectivity index (χ2n) is 2.89. The van der Waals surface area contributed by atoms with Gasteiger partial charge in [-0.15, -0.1) is 0 Å². The third-order valence-corrected chi connectivity index (χ3v) is 1.77. The summed E-state index contributed by atoms with van der Waals surface area (Å²) in [5, 5.41) is 0. The minimum Gasteiger partial charge on any atom is -0.330 e. The minimum absolute atomic E-state index is 0.168. The van der Waals surface area contributed by atoms with Gasteiger partial charge in [0.1, 0.15) is 11.6 Å². The highest BCUT2D eigenvalue weighted by Crippen LogP contribution is 2.14. The van der Waals surface area contributed by atoms with E-state index < -0.39 is 11.6 Å². The van der Waals surface area contributed by atoms with Crippen LogP contribution in [0.1, 0.15) is 17.5 Å². The van der Waals surface area contributed by atoms with E-state index in [1.54, 1.807) is 6.92 Å². The molecule has 1 rings (SSSR count). The average Bonchev–Trinajstić information content (AvgIpc) is 2.18. The first-order valence-corrected chi connectivity index (χ1v) is 4.30. The fourth-order valence-electron chi connectivity index (χ4n) is 0.994. The maximum absolute atomic E-state index is 13.3. The maximum Gasteiger partial charge on any atom is 0.144 e. The molecule has 1 aromatic carbocycles. The molecule has 0 fully saturated rings. The second-order valence-corrected chi connectivity index (χ2v) is 2.89. The lowest BCUT2D eigenvalue weighted by Gasteiger charge is -1.99. The summed E-state index contributed by atoms with van der Waals surface area (Å²) in [5.74, 6) is 3.83. The van der Waals surface area contributed by atoms with Crippen molar-refractivity contribution >= 4 is 0 Å². The predicted octanol–water partition coefficient (Wildman–Crippen LogP) is 1.97. The number of nitrogens with two attached hydrogens (primary N) is 1. The van der Waals surface area contributed by atoms with Crippen molar-refractivity contribution in [3.05, 3.63) is 34.9 Å². The first-order valence-electron chi connectivity index (χ1n) is 4.30. The predicted molar refractivity (Wildman–Crippen MR) is 51.6 cm³/mol. The number of hydrogen-bond donors (Lipinski definition) is 1. The Bertz CT molecular complexity index is 388. The molecule has 0 saturated heterocycles. The molecule has 0 saturated carbocycles. The molecule has 0 spiro atoms. The van der Waals surface area contributed by atoms with E-state index in [1.807, 2.05) is 0 Å². The van der Waals surface area contributed by atoms with Crippen molar-refractivity contribution < 1.29 is 8.78 Å². The molecule has 0 atom stereocenters. The highest BCUT2D eigenvalue weighted by molar-refractivity contribution is 5.39. The molecule has 74 valence electrons. The van der Waals surface area contributed by atoms with E-state index in [0.29, 0.717) is 18.5 Å². The quantitative estimate of drug-likeness (QED) is 0.681.